The van der Waals surface area contributed by atoms with Gasteiger partial charge in [-0.15, -0.1) is 0 Å². The standard InChI is InChI=1S/C22H35FN3O10PS/c1-12(2)21(30)38-9-8-33-37(32,25-14(5)20(29)35-13(3)4)34-11-16-15(10-23)18(28)19(36-16)26-7-6-17(27)24-22(26)31/h6-7,12-16,18-19,28H,8-11H2,1-5H3,(H,25,32)(H,24,27,31). The second-order valence-corrected chi connectivity index (χ2v) is 12.0. The van der Waals surface area contributed by atoms with Crippen molar-refractivity contribution in [2.24, 2.45) is 11.8 Å². The molecule has 0 radical (unpaired) electrons. The van der Waals surface area contributed by atoms with Crippen LogP contribution in [0.5, 0.6) is 0 Å². The third-order valence-electron chi connectivity index (χ3n) is 5.35. The van der Waals surface area contributed by atoms with E-state index in [9.17, 15) is 33.2 Å². The number of halogens is 1. The Morgan fingerprint density at radius 1 is 1.26 bits per heavy atom. The number of nitrogens with one attached hydrogen (secondary N) is 2. The Balaban J connectivity index is 2.15. The molecule has 1 fully saturated rings. The van der Waals surface area contributed by atoms with E-state index in [0.29, 0.717) is 0 Å². The highest BCUT2D eigenvalue weighted by Crippen LogP contribution is 2.46. The van der Waals surface area contributed by atoms with Crippen LogP contribution in [0.3, 0.4) is 0 Å². The first-order valence-corrected chi connectivity index (χ1v) is 14.6. The van der Waals surface area contributed by atoms with Gasteiger partial charge in [0.05, 0.1) is 32.1 Å². The van der Waals surface area contributed by atoms with E-state index < -0.39 is 74.7 Å². The monoisotopic (exact) mass is 583 g/mol. The van der Waals surface area contributed by atoms with E-state index in [1.165, 1.54) is 6.92 Å². The molecule has 2 rings (SSSR count). The van der Waals surface area contributed by atoms with Crippen LogP contribution in [-0.4, -0.2) is 75.7 Å². The summed E-state index contributed by atoms with van der Waals surface area (Å²) in [6, 6.07) is -0.0788. The summed E-state index contributed by atoms with van der Waals surface area (Å²) in [4.78, 5) is 49.6. The Morgan fingerprint density at radius 2 is 1.95 bits per heavy atom. The van der Waals surface area contributed by atoms with E-state index in [2.05, 4.69) is 5.09 Å². The minimum absolute atomic E-state index is 0.0890. The molecule has 0 aliphatic carbocycles. The summed E-state index contributed by atoms with van der Waals surface area (Å²) in [7, 11) is -4.25. The van der Waals surface area contributed by atoms with Crippen molar-refractivity contribution in [3.8, 4) is 0 Å². The fraction of sp³-hybridized carbons (Fsp3) is 0.727. The van der Waals surface area contributed by atoms with Gasteiger partial charge in [0, 0.05) is 29.9 Å². The number of ether oxygens (including phenoxy) is 2. The fourth-order valence-electron chi connectivity index (χ4n) is 3.38. The normalized spacial score (nSPS) is 23.9. The molecule has 1 aromatic heterocycles. The Bertz CT molecular complexity index is 1110. The minimum atomic E-state index is -4.25. The van der Waals surface area contributed by atoms with Crippen LogP contribution in [0.15, 0.2) is 21.9 Å². The molecule has 1 aromatic rings. The maximum absolute atomic E-state index is 13.8. The molecule has 0 saturated carbocycles. The Hall–Kier alpha value is -1.87. The molecule has 3 N–H and O–H groups in total. The van der Waals surface area contributed by atoms with Gasteiger partial charge < -0.3 is 14.6 Å². The van der Waals surface area contributed by atoms with E-state index in [1.54, 1.807) is 27.7 Å². The third kappa shape index (κ3) is 9.11. The molecule has 38 heavy (non-hydrogen) atoms. The summed E-state index contributed by atoms with van der Waals surface area (Å²) in [5.41, 5.74) is -1.54. The van der Waals surface area contributed by atoms with Crippen molar-refractivity contribution in [2.45, 2.75) is 65.2 Å². The van der Waals surface area contributed by atoms with Crippen LogP contribution in [-0.2, 0) is 32.7 Å². The van der Waals surface area contributed by atoms with Crippen LogP contribution < -0.4 is 16.3 Å². The first kappa shape index (κ1) is 32.3. The summed E-state index contributed by atoms with van der Waals surface area (Å²) in [5.74, 6) is -1.95. The van der Waals surface area contributed by atoms with Crippen molar-refractivity contribution in [3.63, 3.8) is 0 Å². The molecule has 0 spiro atoms. The number of hydrogen-bond donors (Lipinski definition) is 3. The van der Waals surface area contributed by atoms with Crippen LogP contribution >= 0.6 is 19.5 Å². The molecule has 6 atom stereocenters. The van der Waals surface area contributed by atoms with Crippen LogP contribution in [0, 0.1) is 11.8 Å². The number of thioether (sulfide) groups is 1. The van der Waals surface area contributed by atoms with Gasteiger partial charge in [0.2, 0.25) is 0 Å². The number of hydrogen-bond acceptors (Lipinski definition) is 11. The van der Waals surface area contributed by atoms with Gasteiger partial charge >= 0.3 is 19.4 Å². The number of esters is 1. The Kier molecular flexibility index (Phi) is 12.3. The van der Waals surface area contributed by atoms with E-state index in [0.717, 1.165) is 28.6 Å². The maximum Gasteiger partial charge on any atom is 0.406 e. The Morgan fingerprint density at radius 3 is 2.53 bits per heavy atom. The van der Waals surface area contributed by atoms with Gasteiger partial charge in [-0.2, -0.15) is 0 Å². The van der Waals surface area contributed by atoms with Crippen LogP contribution in [0.2, 0.25) is 0 Å². The molecule has 0 bridgehead atoms. The van der Waals surface area contributed by atoms with Crippen LogP contribution in [0.1, 0.15) is 40.8 Å². The Labute approximate surface area is 223 Å². The lowest BCUT2D eigenvalue weighted by Crippen LogP contribution is -2.37. The van der Waals surface area contributed by atoms with Gasteiger partial charge in [-0.3, -0.25) is 37.4 Å². The second-order valence-electron chi connectivity index (χ2n) is 9.18. The molecule has 13 nitrogen and oxygen atoms in total. The summed E-state index contributed by atoms with van der Waals surface area (Å²) in [6.45, 7) is 6.35. The largest absolute Gasteiger partial charge is 0.462 e. The number of carbonyl (C=O) groups excluding carboxylic acids is 2. The zero-order valence-electron chi connectivity index (χ0n) is 21.8. The molecule has 216 valence electrons. The van der Waals surface area contributed by atoms with Gasteiger partial charge in [-0.25, -0.2) is 14.4 Å². The van der Waals surface area contributed by atoms with Crippen molar-refractivity contribution >= 4 is 30.6 Å². The fourth-order valence-corrected chi connectivity index (χ4v) is 5.68. The molecule has 16 heteroatoms. The summed E-state index contributed by atoms with van der Waals surface area (Å²) < 4.78 is 49.9. The topological polar surface area (TPSA) is 175 Å². The van der Waals surface area contributed by atoms with Crippen molar-refractivity contribution in [1.82, 2.24) is 14.6 Å². The van der Waals surface area contributed by atoms with E-state index in [4.69, 9.17) is 18.5 Å². The number of aromatic amines is 1. The summed E-state index contributed by atoms with van der Waals surface area (Å²) in [6.07, 6.45) is -3.35. The quantitative estimate of drug-likeness (QED) is 0.163. The van der Waals surface area contributed by atoms with Crippen LogP contribution in [0.4, 0.5) is 4.39 Å². The SMILES string of the molecule is CC(C)OC(=O)C(C)NP(=O)(OCCSC(=O)C(C)C)OCC1OC(n2ccc(=O)[nH]c2=O)C(O)C1CF. The van der Waals surface area contributed by atoms with Gasteiger partial charge in [0.25, 0.3) is 5.56 Å². The number of H-pyrrole nitrogens is 1. The third-order valence-corrected chi connectivity index (χ3v) is 8.19. The number of aliphatic hydroxyl groups excluding tert-OH is 1. The number of rotatable bonds is 14. The lowest BCUT2D eigenvalue weighted by molar-refractivity contribution is -0.149. The molecule has 2 heterocycles. The maximum atomic E-state index is 13.8. The molecule has 1 aliphatic rings. The highest BCUT2D eigenvalue weighted by molar-refractivity contribution is 8.13. The zero-order valence-corrected chi connectivity index (χ0v) is 23.5. The molecule has 0 aromatic carbocycles. The molecule has 1 aliphatic heterocycles. The van der Waals surface area contributed by atoms with Gasteiger partial charge in [-0.1, -0.05) is 25.6 Å². The van der Waals surface area contributed by atoms with E-state index in [1.807, 2.05) is 4.98 Å². The number of aromatic nitrogens is 2. The van der Waals surface area contributed by atoms with Crippen molar-refractivity contribution in [1.29, 1.82) is 0 Å². The predicted molar refractivity (Wildman–Crippen MR) is 136 cm³/mol. The predicted octanol–water partition coefficient (Wildman–Crippen LogP) is 1.37. The average molecular weight is 584 g/mol. The van der Waals surface area contributed by atoms with Crippen molar-refractivity contribution in [2.75, 3.05) is 25.6 Å². The number of carbonyl (C=O) groups is 2. The number of nitrogens with zero attached hydrogens (tertiary/aromatic N) is 1. The minimum Gasteiger partial charge on any atom is -0.462 e. The number of alkyl halides is 1. The molecular weight excluding hydrogens is 548 g/mol. The van der Waals surface area contributed by atoms with Crippen molar-refractivity contribution in [3.05, 3.63) is 33.1 Å². The molecule has 6 unspecified atom stereocenters. The van der Waals surface area contributed by atoms with Gasteiger partial charge in [-0.05, 0) is 20.8 Å². The first-order valence-electron chi connectivity index (χ1n) is 12.0. The lowest BCUT2D eigenvalue weighted by Gasteiger charge is -2.25. The first-order chi connectivity index (χ1) is 17.8. The zero-order chi connectivity index (χ0) is 28.6. The van der Waals surface area contributed by atoms with E-state index >= 15 is 0 Å². The molecule has 0 amide bonds. The highest BCUT2D eigenvalue weighted by atomic mass is 32.2. The van der Waals surface area contributed by atoms with Gasteiger partial charge in [0.15, 0.2) is 11.3 Å². The second kappa shape index (κ2) is 14.5. The summed E-state index contributed by atoms with van der Waals surface area (Å²) in [5, 5.41) is 13.0. The van der Waals surface area contributed by atoms with Crippen molar-refractivity contribution < 1.29 is 42.2 Å². The van der Waals surface area contributed by atoms with Gasteiger partial charge in [0.1, 0.15) is 12.1 Å². The molecular formula is C22H35FN3O10PS. The highest BCUT2D eigenvalue weighted by Gasteiger charge is 2.46. The smallest absolute Gasteiger partial charge is 0.406 e. The van der Waals surface area contributed by atoms with Crippen LogP contribution in [0.25, 0.3) is 0 Å². The lowest BCUT2D eigenvalue weighted by atomic mass is 10.00. The average Bonchev–Trinajstić information content (AvgIpc) is 3.14. The van der Waals surface area contributed by atoms with E-state index in [-0.39, 0.29) is 23.4 Å². The molecule has 1 saturated heterocycles. The number of aliphatic hydroxyl groups is 1. The summed E-state index contributed by atoms with van der Waals surface area (Å²) >= 11 is 0.982.